The zero-order valence-electron chi connectivity index (χ0n) is 20.2. The van der Waals surface area contributed by atoms with Gasteiger partial charge in [-0.1, -0.05) is 30.2 Å². The first-order valence-corrected chi connectivity index (χ1v) is 11.8. The number of nitrogens with two attached hydrogens (primary N) is 1. The van der Waals surface area contributed by atoms with Crippen LogP contribution in [0.5, 0.6) is 0 Å². The Morgan fingerprint density at radius 2 is 1.97 bits per heavy atom. The molecule has 3 heterocycles. The number of hydrogen-bond acceptors (Lipinski definition) is 5. The topological polar surface area (TPSA) is 106 Å². The summed E-state index contributed by atoms with van der Waals surface area (Å²) in [5.74, 6) is 6.07. The fourth-order valence-corrected chi connectivity index (χ4v) is 4.72. The third-order valence-electron chi connectivity index (χ3n) is 6.44. The molecule has 0 unspecified atom stereocenters. The van der Waals surface area contributed by atoms with E-state index < -0.39 is 0 Å². The summed E-state index contributed by atoms with van der Waals surface area (Å²) >= 11 is 0. The second kappa shape index (κ2) is 9.55. The van der Waals surface area contributed by atoms with Gasteiger partial charge in [-0.3, -0.25) is 14.0 Å². The Bertz CT molecular complexity index is 1530. The standard InChI is InChI=1S/C28H26N6O2/c1-3-8-23(35)33-15-7-11-22(33)27-32-24(25-26(29)30-14-16-34(25)27)20-12-13-21(18(2)17-20)31-28(36)19-9-5-4-6-10-19/h4-6,9-10,12-14,16-17,22H,7,11,15H2,1-2H3,(H2,29,30)(H,31,36)/t22-/m0/s1. The molecule has 1 atom stereocenters. The summed E-state index contributed by atoms with van der Waals surface area (Å²) in [6.45, 7) is 4.23. The summed E-state index contributed by atoms with van der Waals surface area (Å²) < 4.78 is 1.92. The predicted molar refractivity (Wildman–Crippen MR) is 139 cm³/mol. The van der Waals surface area contributed by atoms with Gasteiger partial charge in [-0.2, -0.15) is 0 Å². The van der Waals surface area contributed by atoms with Gasteiger partial charge in [0.15, 0.2) is 0 Å². The highest BCUT2D eigenvalue weighted by Gasteiger charge is 2.33. The van der Waals surface area contributed by atoms with Gasteiger partial charge in [-0.25, -0.2) is 9.97 Å². The molecule has 3 N–H and O–H groups in total. The van der Waals surface area contributed by atoms with Crippen molar-refractivity contribution in [3.63, 3.8) is 0 Å². The molecule has 36 heavy (non-hydrogen) atoms. The lowest BCUT2D eigenvalue weighted by Crippen LogP contribution is -2.30. The van der Waals surface area contributed by atoms with Crippen LogP contribution in [-0.4, -0.2) is 37.6 Å². The van der Waals surface area contributed by atoms with Gasteiger partial charge in [-0.15, -0.1) is 0 Å². The molecule has 2 aromatic heterocycles. The number of rotatable bonds is 4. The number of imidazole rings is 1. The molecule has 0 radical (unpaired) electrons. The maximum atomic E-state index is 12.6. The van der Waals surface area contributed by atoms with Crippen molar-refractivity contribution in [2.45, 2.75) is 32.7 Å². The average Bonchev–Trinajstić information content (AvgIpc) is 3.52. The number of carbonyl (C=O) groups is 2. The largest absolute Gasteiger partial charge is 0.382 e. The van der Waals surface area contributed by atoms with E-state index in [1.165, 1.54) is 0 Å². The number of likely N-dealkylation sites (tertiary alicyclic amines) is 1. The molecule has 1 aliphatic heterocycles. The van der Waals surface area contributed by atoms with Gasteiger partial charge in [0, 0.05) is 35.8 Å². The molecule has 0 aliphatic carbocycles. The van der Waals surface area contributed by atoms with E-state index in [9.17, 15) is 9.59 Å². The lowest BCUT2D eigenvalue weighted by molar-refractivity contribution is -0.126. The van der Waals surface area contributed by atoms with E-state index in [1.807, 2.05) is 53.9 Å². The summed E-state index contributed by atoms with van der Waals surface area (Å²) in [5, 5.41) is 2.98. The number of hydrogen-bond donors (Lipinski definition) is 2. The Labute approximate surface area is 209 Å². The number of fused-ring (bicyclic) bond motifs is 1. The van der Waals surface area contributed by atoms with Crippen molar-refractivity contribution in [3.8, 4) is 23.1 Å². The van der Waals surface area contributed by atoms with Crippen molar-refractivity contribution in [1.82, 2.24) is 19.3 Å². The van der Waals surface area contributed by atoms with Gasteiger partial charge in [0.25, 0.3) is 11.8 Å². The highest BCUT2D eigenvalue weighted by atomic mass is 16.2. The number of nitrogen functional groups attached to an aromatic ring is 1. The molecule has 2 aromatic carbocycles. The summed E-state index contributed by atoms with van der Waals surface area (Å²) in [7, 11) is 0. The van der Waals surface area contributed by atoms with Gasteiger partial charge in [0.05, 0.1) is 6.04 Å². The van der Waals surface area contributed by atoms with Crippen molar-refractivity contribution >= 4 is 28.8 Å². The minimum absolute atomic E-state index is 0.171. The predicted octanol–water partition coefficient (Wildman–Crippen LogP) is 4.23. The van der Waals surface area contributed by atoms with Crippen molar-refractivity contribution in [1.29, 1.82) is 0 Å². The summed E-state index contributed by atoms with van der Waals surface area (Å²) in [6, 6.07) is 14.6. The molecule has 2 amide bonds. The number of amides is 2. The zero-order valence-corrected chi connectivity index (χ0v) is 20.2. The van der Waals surface area contributed by atoms with E-state index in [0.29, 0.717) is 34.8 Å². The molecule has 8 heteroatoms. The minimum Gasteiger partial charge on any atom is -0.382 e. The van der Waals surface area contributed by atoms with Crippen LogP contribution in [0.4, 0.5) is 11.5 Å². The average molecular weight is 479 g/mol. The van der Waals surface area contributed by atoms with Gasteiger partial charge in [0.2, 0.25) is 0 Å². The normalized spacial score (nSPS) is 14.9. The first-order valence-electron chi connectivity index (χ1n) is 11.8. The molecule has 0 spiro atoms. The van der Waals surface area contributed by atoms with E-state index in [2.05, 4.69) is 22.1 Å². The highest BCUT2D eigenvalue weighted by molar-refractivity contribution is 6.04. The quantitative estimate of drug-likeness (QED) is 0.427. The SMILES string of the molecule is CC#CC(=O)N1CCC[C@H]1c1nc(-c2ccc(NC(=O)c3ccccc3)c(C)c2)c2c(N)nccn12. The van der Waals surface area contributed by atoms with Crippen molar-refractivity contribution in [2.75, 3.05) is 17.6 Å². The van der Waals surface area contributed by atoms with Crippen LogP contribution in [0.1, 0.15) is 47.6 Å². The van der Waals surface area contributed by atoms with Crippen LogP contribution < -0.4 is 11.1 Å². The Kier molecular flexibility index (Phi) is 6.13. The lowest BCUT2D eigenvalue weighted by Gasteiger charge is -2.21. The molecule has 180 valence electrons. The van der Waals surface area contributed by atoms with Gasteiger partial charge in [-0.05, 0) is 62.4 Å². The number of anilines is 2. The molecule has 4 aromatic rings. The summed E-state index contributed by atoms with van der Waals surface area (Å²) in [5.41, 5.74) is 10.7. The van der Waals surface area contributed by atoms with E-state index in [4.69, 9.17) is 10.7 Å². The zero-order chi connectivity index (χ0) is 25.2. The van der Waals surface area contributed by atoms with Crippen molar-refractivity contribution < 1.29 is 9.59 Å². The lowest BCUT2D eigenvalue weighted by atomic mass is 10.1. The fraction of sp³-hybridized carbons (Fsp3) is 0.214. The molecule has 1 aliphatic rings. The second-order valence-corrected chi connectivity index (χ2v) is 8.73. The fourth-order valence-electron chi connectivity index (χ4n) is 4.72. The van der Waals surface area contributed by atoms with Gasteiger partial charge in [0.1, 0.15) is 22.9 Å². The molecular formula is C28H26N6O2. The number of nitrogens with one attached hydrogen (secondary N) is 1. The highest BCUT2D eigenvalue weighted by Crippen LogP contribution is 2.37. The van der Waals surface area contributed by atoms with Crippen LogP contribution in [0.25, 0.3) is 16.8 Å². The number of nitrogens with zero attached hydrogens (tertiary/aromatic N) is 4. The second-order valence-electron chi connectivity index (χ2n) is 8.73. The number of aromatic nitrogens is 3. The van der Waals surface area contributed by atoms with Crippen LogP contribution in [0, 0.1) is 18.8 Å². The van der Waals surface area contributed by atoms with E-state index in [1.54, 1.807) is 30.2 Å². The van der Waals surface area contributed by atoms with Crippen LogP contribution in [0.3, 0.4) is 0 Å². The maximum absolute atomic E-state index is 12.6. The molecule has 0 saturated carbocycles. The number of carbonyl (C=O) groups excluding carboxylic acids is 2. The Morgan fingerprint density at radius 1 is 1.17 bits per heavy atom. The maximum Gasteiger partial charge on any atom is 0.299 e. The van der Waals surface area contributed by atoms with Gasteiger partial charge >= 0.3 is 0 Å². The van der Waals surface area contributed by atoms with Crippen LogP contribution in [-0.2, 0) is 4.79 Å². The summed E-state index contributed by atoms with van der Waals surface area (Å²) in [4.78, 5) is 36.3. The molecule has 5 rings (SSSR count). The third-order valence-corrected chi connectivity index (χ3v) is 6.44. The molecule has 0 bridgehead atoms. The molecule has 1 fully saturated rings. The minimum atomic E-state index is -0.202. The first-order chi connectivity index (χ1) is 17.5. The Hall–Kier alpha value is -4.64. The van der Waals surface area contributed by atoms with Crippen molar-refractivity contribution in [3.05, 3.63) is 77.9 Å². The van der Waals surface area contributed by atoms with Crippen LogP contribution in [0.15, 0.2) is 60.9 Å². The Balaban J connectivity index is 1.53. The number of aryl methyl sites for hydroxylation is 1. The Morgan fingerprint density at radius 3 is 2.72 bits per heavy atom. The third kappa shape index (κ3) is 4.16. The molecule has 1 saturated heterocycles. The molecular weight excluding hydrogens is 452 g/mol. The van der Waals surface area contributed by atoms with Crippen LogP contribution >= 0.6 is 0 Å². The monoisotopic (exact) mass is 478 g/mol. The van der Waals surface area contributed by atoms with Crippen LogP contribution in [0.2, 0.25) is 0 Å². The van der Waals surface area contributed by atoms with E-state index >= 15 is 0 Å². The number of benzene rings is 2. The van der Waals surface area contributed by atoms with Crippen molar-refractivity contribution in [2.24, 2.45) is 0 Å². The summed E-state index contributed by atoms with van der Waals surface area (Å²) in [6.07, 6.45) is 5.13. The van der Waals surface area contributed by atoms with Gasteiger partial charge < -0.3 is 16.0 Å². The van der Waals surface area contributed by atoms with E-state index in [0.717, 1.165) is 29.8 Å². The smallest absolute Gasteiger partial charge is 0.299 e. The first kappa shape index (κ1) is 23.1. The molecule has 8 nitrogen and oxygen atoms in total. The van der Waals surface area contributed by atoms with E-state index in [-0.39, 0.29) is 17.9 Å².